The van der Waals surface area contributed by atoms with Gasteiger partial charge < -0.3 is 15.3 Å². The Morgan fingerprint density at radius 1 is 1.33 bits per heavy atom. The van der Waals surface area contributed by atoms with Crippen LogP contribution in [-0.2, 0) is 16.1 Å². The van der Waals surface area contributed by atoms with Crippen molar-refractivity contribution in [3.05, 3.63) is 58.2 Å². The first kappa shape index (κ1) is 22.1. The van der Waals surface area contributed by atoms with Crippen LogP contribution in [0.5, 0.6) is 0 Å². The number of nitrogens with zero attached hydrogens (tertiary/aromatic N) is 3. The maximum atomic E-state index is 14.0. The molecule has 1 aromatic carbocycles. The summed E-state index contributed by atoms with van der Waals surface area (Å²) in [6.45, 7) is 5.42. The average Bonchev–Trinajstić information content (AvgIpc) is 2.96. The van der Waals surface area contributed by atoms with Crippen molar-refractivity contribution in [3.63, 3.8) is 0 Å². The van der Waals surface area contributed by atoms with Crippen LogP contribution in [0.1, 0.15) is 26.3 Å². The number of amides is 2. The Labute approximate surface area is 180 Å². The van der Waals surface area contributed by atoms with Crippen molar-refractivity contribution in [3.8, 4) is 0 Å². The number of nitrogens with one attached hydrogen (secondary N) is 1. The van der Waals surface area contributed by atoms with Gasteiger partial charge in [0.15, 0.2) is 0 Å². The quantitative estimate of drug-likeness (QED) is 0.687. The summed E-state index contributed by atoms with van der Waals surface area (Å²) in [5, 5.41) is 16.3. The van der Waals surface area contributed by atoms with Crippen molar-refractivity contribution in [1.29, 1.82) is 0 Å². The average molecular weight is 437 g/mol. The van der Waals surface area contributed by atoms with E-state index in [4.69, 9.17) is 11.6 Å². The molecule has 0 bridgehead atoms. The molecule has 1 saturated heterocycles. The summed E-state index contributed by atoms with van der Waals surface area (Å²) in [6, 6.07) is 4.39. The van der Waals surface area contributed by atoms with Crippen LogP contribution in [0.3, 0.4) is 0 Å². The number of carbonyl (C=O) groups excluding carboxylic acids is 2. The number of hydrazine groups is 1. The molecule has 30 heavy (non-hydrogen) atoms. The Balaban J connectivity index is 1.59. The number of benzene rings is 1. The Bertz CT molecular complexity index is 933. The number of carbonyl (C=O) groups is 2. The van der Waals surface area contributed by atoms with E-state index in [-0.39, 0.29) is 47.9 Å². The normalized spacial score (nSPS) is 20.4. The highest BCUT2D eigenvalue weighted by atomic mass is 35.5. The molecule has 0 spiro atoms. The molecular weight excluding hydrogens is 411 g/mol. The first-order valence-corrected chi connectivity index (χ1v) is 10.1. The summed E-state index contributed by atoms with van der Waals surface area (Å²) >= 11 is 5.76. The molecule has 1 fully saturated rings. The molecule has 1 aromatic rings. The fraction of sp³-hybridized carbons (Fsp3) is 0.429. The molecular formula is C21H26ClFN4O3. The molecule has 1 aliphatic carbocycles. The summed E-state index contributed by atoms with van der Waals surface area (Å²) < 4.78 is 14.0. The summed E-state index contributed by atoms with van der Waals surface area (Å²) in [5.41, 5.74) is 0.502. The van der Waals surface area contributed by atoms with Gasteiger partial charge in [-0.15, -0.1) is 0 Å². The standard InChI is InChI=1S/C21H26ClFN4O3/c1-13(2)26(11-18(29)24-10-14-6-5-7-15(22)20(14)23)19(30)12-27-16-8-9-17(28)21(16,3)25(27)4/h5-9,13,28H,10-12H2,1-4H3,(H,24,29)/t21-/m0/s1. The maximum absolute atomic E-state index is 14.0. The van der Waals surface area contributed by atoms with E-state index in [2.05, 4.69) is 5.32 Å². The van der Waals surface area contributed by atoms with E-state index >= 15 is 0 Å². The van der Waals surface area contributed by atoms with Crippen molar-refractivity contribution in [2.75, 3.05) is 20.1 Å². The molecule has 0 aromatic heterocycles. The highest BCUT2D eigenvalue weighted by molar-refractivity contribution is 6.30. The minimum absolute atomic E-state index is 0.00635. The zero-order valence-corrected chi connectivity index (χ0v) is 18.2. The first-order chi connectivity index (χ1) is 14.1. The van der Waals surface area contributed by atoms with Crippen LogP contribution in [0.2, 0.25) is 5.02 Å². The molecule has 7 nitrogen and oxygen atoms in total. The minimum Gasteiger partial charge on any atom is -0.510 e. The number of aliphatic hydroxyl groups excluding tert-OH is 1. The number of aliphatic hydroxyl groups is 1. The lowest BCUT2D eigenvalue weighted by Crippen LogP contribution is -2.69. The van der Waals surface area contributed by atoms with E-state index < -0.39 is 17.3 Å². The predicted octanol–water partition coefficient (Wildman–Crippen LogP) is 2.59. The van der Waals surface area contributed by atoms with Crippen LogP contribution in [0, 0.1) is 5.82 Å². The third-order valence-corrected chi connectivity index (χ3v) is 6.03. The molecule has 0 saturated carbocycles. The predicted molar refractivity (Wildman–Crippen MR) is 112 cm³/mol. The molecule has 162 valence electrons. The molecule has 0 radical (unpaired) electrons. The van der Waals surface area contributed by atoms with Crippen LogP contribution in [0.15, 0.2) is 41.8 Å². The van der Waals surface area contributed by atoms with Gasteiger partial charge in [-0.1, -0.05) is 23.7 Å². The second kappa shape index (κ2) is 8.28. The van der Waals surface area contributed by atoms with Gasteiger partial charge in [0.1, 0.15) is 23.7 Å². The molecule has 0 unspecified atom stereocenters. The zero-order chi connectivity index (χ0) is 22.2. The van der Waals surface area contributed by atoms with E-state index in [1.165, 1.54) is 11.0 Å². The lowest BCUT2D eigenvalue weighted by atomic mass is 9.92. The number of fused-ring (bicyclic) bond motifs is 1. The molecule has 3 rings (SSSR count). The Hall–Kier alpha value is -2.58. The maximum Gasteiger partial charge on any atom is 0.244 e. The molecule has 1 aliphatic heterocycles. The van der Waals surface area contributed by atoms with Gasteiger partial charge in [-0.05, 0) is 39.0 Å². The summed E-state index contributed by atoms with van der Waals surface area (Å²) in [5.74, 6) is -0.952. The molecule has 1 heterocycles. The van der Waals surface area contributed by atoms with Crippen molar-refractivity contribution in [2.24, 2.45) is 0 Å². The van der Waals surface area contributed by atoms with Gasteiger partial charge in [0.25, 0.3) is 0 Å². The SMILES string of the molecule is CC(C)N(CC(=O)NCc1cccc(Cl)c1F)C(=O)CN1C2=CC=C(O)[C@@]2(C)N1C. The Morgan fingerprint density at radius 3 is 2.70 bits per heavy atom. The van der Waals surface area contributed by atoms with Crippen LogP contribution in [0.25, 0.3) is 0 Å². The van der Waals surface area contributed by atoms with Crippen LogP contribution < -0.4 is 5.32 Å². The summed E-state index contributed by atoms with van der Waals surface area (Å²) in [6.07, 6.45) is 3.41. The molecule has 9 heteroatoms. The molecule has 2 amide bonds. The largest absolute Gasteiger partial charge is 0.510 e. The lowest BCUT2D eigenvalue weighted by Gasteiger charge is -2.57. The van der Waals surface area contributed by atoms with Crippen LogP contribution in [-0.4, -0.2) is 63.6 Å². The molecule has 2 N–H and O–H groups in total. The van der Waals surface area contributed by atoms with Gasteiger partial charge in [0.05, 0.1) is 17.3 Å². The van der Waals surface area contributed by atoms with E-state index in [0.717, 1.165) is 5.70 Å². The topological polar surface area (TPSA) is 76.1 Å². The van der Waals surface area contributed by atoms with Gasteiger partial charge in [0, 0.05) is 25.2 Å². The summed E-state index contributed by atoms with van der Waals surface area (Å²) in [4.78, 5) is 26.8. The van der Waals surface area contributed by atoms with E-state index in [0.29, 0.717) is 0 Å². The highest BCUT2D eigenvalue weighted by Crippen LogP contribution is 2.46. The van der Waals surface area contributed by atoms with E-state index in [9.17, 15) is 19.1 Å². The van der Waals surface area contributed by atoms with Gasteiger partial charge in [-0.3, -0.25) is 14.6 Å². The number of rotatable bonds is 7. The number of hydrogen-bond acceptors (Lipinski definition) is 5. The van der Waals surface area contributed by atoms with Crippen LogP contribution in [0.4, 0.5) is 4.39 Å². The molecule has 1 atom stereocenters. The van der Waals surface area contributed by atoms with Crippen molar-refractivity contribution in [2.45, 2.75) is 38.9 Å². The number of likely N-dealkylation sites (N-methyl/N-ethyl adjacent to an activating group) is 1. The van der Waals surface area contributed by atoms with Gasteiger partial charge >= 0.3 is 0 Å². The Morgan fingerprint density at radius 2 is 2.03 bits per heavy atom. The monoisotopic (exact) mass is 436 g/mol. The fourth-order valence-corrected chi connectivity index (χ4v) is 3.89. The minimum atomic E-state index is -0.610. The smallest absolute Gasteiger partial charge is 0.244 e. The first-order valence-electron chi connectivity index (χ1n) is 9.69. The number of allylic oxidation sites excluding steroid dienone is 2. The number of hydrogen-bond donors (Lipinski definition) is 2. The van der Waals surface area contributed by atoms with Gasteiger partial charge in [-0.2, -0.15) is 0 Å². The van der Waals surface area contributed by atoms with Crippen molar-refractivity contribution < 1.29 is 19.1 Å². The molecule has 2 aliphatic rings. The van der Waals surface area contributed by atoms with E-state index in [1.807, 2.05) is 20.8 Å². The van der Waals surface area contributed by atoms with Crippen molar-refractivity contribution >= 4 is 23.4 Å². The fourth-order valence-electron chi connectivity index (χ4n) is 3.70. The Kier molecular flexibility index (Phi) is 6.10. The third-order valence-electron chi connectivity index (χ3n) is 5.73. The van der Waals surface area contributed by atoms with E-state index in [1.54, 1.807) is 41.4 Å². The summed E-state index contributed by atoms with van der Waals surface area (Å²) in [7, 11) is 1.80. The second-order valence-electron chi connectivity index (χ2n) is 7.86. The lowest BCUT2D eigenvalue weighted by molar-refractivity contribution is -0.161. The number of halogens is 2. The third kappa shape index (κ3) is 3.77. The highest BCUT2D eigenvalue weighted by Gasteiger charge is 2.55. The van der Waals surface area contributed by atoms with Crippen molar-refractivity contribution in [1.82, 2.24) is 20.2 Å². The van der Waals surface area contributed by atoms with Gasteiger partial charge in [0.2, 0.25) is 11.8 Å². The van der Waals surface area contributed by atoms with Crippen LogP contribution >= 0.6 is 11.6 Å². The van der Waals surface area contributed by atoms with Gasteiger partial charge in [-0.25, -0.2) is 9.40 Å². The second-order valence-corrected chi connectivity index (χ2v) is 8.27. The zero-order valence-electron chi connectivity index (χ0n) is 17.4.